The first-order chi connectivity index (χ1) is 12.1. The number of piperidine rings is 1. The Bertz CT molecular complexity index is 778. The lowest BCUT2D eigenvalue weighted by molar-refractivity contribution is 0.0599. The van der Waals surface area contributed by atoms with E-state index in [1.54, 1.807) is 24.0 Å². The average Bonchev–Trinajstić information content (AvgIpc) is 3.21. The van der Waals surface area contributed by atoms with Crippen molar-refractivity contribution in [3.05, 3.63) is 47.4 Å². The number of ether oxygens (including phenoxy) is 1. The van der Waals surface area contributed by atoms with Crippen LogP contribution in [0.3, 0.4) is 0 Å². The highest BCUT2D eigenvalue weighted by molar-refractivity contribution is 5.94. The number of aromatic nitrogens is 2. The van der Waals surface area contributed by atoms with Crippen molar-refractivity contribution in [1.29, 1.82) is 0 Å². The fraction of sp³-hybridized carbons (Fsp3) is 0.500. The van der Waals surface area contributed by atoms with Gasteiger partial charge in [0.25, 0.3) is 5.91 Å². The van der Waals surface area contributed by atoms with Gasteiger partial charge >= 0.3 is 0 Å². The van der Waals surface area contributed by atoms with E-state index in [0.717, 1.165) is 6.42 Å². The van der Waals surface area contributed by atoms with Gasteiger partial charge in [-0.3, -0.25) is 4.79 Å². The van der Waals surface area contributed by atoms with Crippen molar-refractivity contribution in [2.75, 3.05) is 19.7 Å². The minimum atomic E-state index is -0.470. The zero-order valence-electron chi connectivity index (χ0n) is 14.0. The Morgan fingerprint density at radius 3 is 2.96 bits per heavy atom. The number of hydrogen-bond donors (Lipinski definition) is 0. The molecule has 132 valence electrons. The third kappa shape index (κ3) is 3.16. The predicted octanol–water partition coefficient (Wildman–Crippen LogP) is 2.24. The number of likely N-dealkylation sites (tertiary alicyclic amines) is 1. The second kappa shape index (κ2) is 6.55. The van der Waals surface area contributed by atoms with Gasteiger partial charge in [0.15, 0.2) is 0 Å². The van der Waals surface area contributed by atoms with Crippen molar-refractivity contribution >= 4 is 5.91 Å². The first kappa shape index (κ1) is 16.2. The molecule has 1 aromatic heterocycles. The standard InChI is InChI=1S/C18H20FN3O3/c1-11-20-21-17(25-11)8-16-13-6-7-22(9-12(13)10-24-16)18(23)14-4-2-3-5-15(14)19/h2-5,12-13,16H,6-10H2,1H3/t12-,13-,16+/m1/s1. The Kier molecular flexibility index (Phi) is 4.25. The Balaban J connectivity index is 1.41. The summed E-state index contributed by atoms with van der Waals surface area (Å²) in [4.78, 5) is 14.3. The molecule has 1 aromatic carbocycles. The van der Waals surface area contributed by atoms with Gasteiger partial charge in [0.1, 0.15) is 5.82 Å². The Hall–Kier alpha value is -2.28. The highest BCUT2D eigenvalue weighted by Crippen LogP contribution is 2.36. The molecule has 2 aliphatic rings. The van der Waals surface area contributed by atoms with Gasteiger partial charge in [-0.1, -0.05) is 12.1 Å². The molecule has 2 aliphatic heterocycles. The summed E-state index contributed by atoms with van der Waals surface area (Å²) in [5, 5.41) is 7.89. The number of carbonyl (C=O) groups is 1. The number of fused-ring (bicyclic) bond motifs is 1. The van der Waals surface area contributed by atoms with E-state index >= 15 is 0 Å². The van der Waals surface area contributed by atoms with Crippen molar-refractivity contribution in [3.63, 3.8) is 0 Å². The molecule has 0 N–H and O–H groups in total. The van der Waals surface area contributed by atoms with E-state index in [1.807, 2.05) is 0 Å². The van der Waals surface area contributed by atoms with E-state index in [1.165, 1.54) is 12.1 Å². The SMILES string of the molecule is Cc1nnc(C[C@@H]2OC[C@H]3CN(C(=O)c4ccccc4F)CC[C@H]32)o1. The topological polar surface area (TPSA) is 68.5 Å². The van der Waals surface area contributed by atoms with Crippen LogP contribution in [0.1, 0.15) is 28.6 Å². The highest BCUT2D eigenvalue weighted by atomic mass is 19.1. The molecule has 2 aromatic rings. The van der Waals surface area contributed by atoms with Crippen LogP contribution < -0.4 is 0 Å². The monoisotopic (exact) mass is 345 g/mol. The van der Waals surface area contributed by atoms with Crippen LogP contribution in [-0.2, 0) is 11.2 Å². The molecular formula is C18H20FN3O3. The van der Waals surface area contributed by atoms with E-state index in [0.29, 0.717) is 43.8 Å². The van der Waals surface area contributed by atoms with Crippen molar-refractivity contribution in [2.45, 2.75) is 25.9 Å². The van der Waals surface area contributed by atoms with Crippen LogP contribution in [0.15, 0.2) is 28.7 Å². The third-order valence-corrected chi connectivity index (χ3v) is 5.13. The molecule has 25 heavy (non-hydrogen) atoms. The largest absolute Gasteiger partial charge is 0.425 e. The van der Waals surface area contributed by atoms with Crippen LogP contribution in [0.2, 0.25) is 0 Å². The molecule has 6 nitrogen and oxygen atoms in total. The highest BCUT2D eigenvalue weighted by Gasteiger charge is 2.42. The Morgan fingerprint density at radius 1 is 1.36 bits per heavy atom. The van der Waals surface area contributed by atoms with Crippen LogP contribution in [0.25, 0.3) is 0 Å². The summed E-state index contributed by atoms with van der Waals surface area (Å²) in [7, 11) is 0. The maximum Gasteiger partial charge on any atom is 0.256 e. The second-order valence-electron chi connectivity index (χ2n) is 6.73. The summed E-state index contributed by atoms with van der Waals surface area (Å²) in [5.41, 5.74) is 0.137. The number of carbonyl (C=O) groups excluding carboxylic acids is 1. The predicted molar refractivity (Wildman–Crippen MR) is 86.4 cm³/mol. The molecular weight excluding hydrogens is 325 g/mol. The summed E-state index contributed by atoms with van der Waals surface area (Å²) in [6.45, 7) is 3.57. The zero-order chi connectivity index (χ0) is 17.4. The Morgan fingerprint density at radius 2 is 2.20 bits per heavy atom. The first-order valence-electron chi connectivity index (χ1n) is 8.56. The maximum absolute atomic E-state index is 13.9. The smallest absolute Gasteiger partial charge is 0.256 e. The molecule has 4 rings (SSSR count). The van der Waals surface area contributed by atoms with Gasteiger partial charge < -0.3 is 14.1 Å². The van der Waals surface area contributed by atoms with Gasteiger partial charge in [-0.05, 0) is 24.5 Å². The number of rotatable bonds is 3. The van der Waals surface area contributed by atoms with Crippen molar-refractivity contribution in [1.82, 2.24) is 15.1 Å². The summed E-state index contributed by atoms with van der Waals surface area (Å²) in [6, 6.07) is 6.13. The third-order valence-electron chi connectivity index (χ3n) is 5.13. The van der Waals surface area contributed by atoms with Gasteiger partial charge in [0, 0.05) is 25.9 Å². The number of benzene rings is 1. The van der Waals surface area contributed by atoms with E-state index in [2.05, 4.69) is 10.2 Å². The molecule has 0 spiro atoms. The minimum absolute atomic E-state index is 0.0376. The second-order valence-corrected chi connectivity index (χ2v) is 6.73. The lowest BCUT2D eigenvalue weighted by Gasteiger charge is -2.35. The summed E-state index contributed by atoms with van der Waals surface area (Å²) in [5.74, 6) is 1.05. The molecule has 0 saturated carbocycles. The normalized spacial score (nSPS) is 25.8. The molecule has 2 saturated heterocycles. The lowest BCUT2D eigenvalue weighted by atomic mass is 9.83. The molecule has 7 heteroatoms. The minimum Gasteiger partial charge on any atom is -0.425 e. The molecule has 0 aliphatic carbocycles. The molecule has 3 atom stereocenters. The molecule has 0 radical (unpaired) electrons. The zero-order valence-corrected chi connectivity index (χ0v) is 14.0. The average molecular weight is 345 g/mol. The molecule has 0 bridgehead atoms. The van der Waals surface area contributed by atoms with Crippen LogP contribution in [-0.4, -0.2) is 46.8 Å². The fourth-order valence-corrected chi connectivity index (χ4v) is 3.88. The van der Waals surface area contributed by atoms with Gasteiger partial charge in [-0.15, -0.1) is 10.2 Å². The molecule has 1 amide bonds. The molecule has 2 fully saturated rings. The van der Waals surface area contributed by atoms with E-state index in [-0.39, 0.29) is 23.5 Å². The van der Waals surface area contributed by atoms with Crippen LogP contribution in [0.5, 0.6) is 0 Å². The molecule has 3 heterocycles. The van der Waals surface area contributed by atoms with Crippen molar-refractivity contribution < 1.29 is 18.3 Å². The maximum atomic E-state index is 13.9. The summed E-state index contributed by atoms with van der Waals surface area (Å²) >= 11 is 0. The lowest BCUT2D eigenvalue weighted by Crippen LogP contribution is -2.45. The summed E-state index contributed by atoms with van der Waals surface area (Å²) in [6.07, 6.45) is 1.47. The van der Waals surface area contributed by atoms with Crippen molar-refractivity contribution in [2.24, 2.45) is 11.8 Å². The van der Waals surface area contributed by atoms with Crippen molar-refractivity contribution in [3.8, 4) is 0 Å². The number of amides is 1. The van der Waals surface area contributed by atoms with Gasteiger partial charge in [-0.25, -0.2) is 4.39 Å². The number of nitrogens with zero attached hydrogens (tertiary/aromatic N) is 3. The number of aryl methyl sites for hydroxylation is 1. The van der Waals surface area contributed by atoms with Crippen LogP contribution in [0.4, 0.5) is 4.39 Å². The van der Waals surface area contributed by atoms with E-state index < -0.39 is 5.82 Å². The first-order valence-corrected chi connectivity index (χ1v) is 8.56. The van der Waals surface area contributed by atoms with Crippen LogP contribution in [0, 0.1) is 24.6 Å². The fourth-order valence-electron chi connectivity index (χ4n) is 3.88. The molecule has 0 unspecified atom stereocenters. The van der Waals surface area contributed by atoms with Gasteiger partial charge in [0.05, 0.1) is 24.7 Å². The summed E-state index contributed by atoms with van der Waals surface area (Å²) < 4.78 is 25.3. The van der Waals surface area contributed by atoms with E-state index in [9.17, 15) is 9.18 Å². The van der Waals surface area contributed by atoms with Crippen LogP contribution >= 0.6 is 0 Å². The number of halogens is 1. The van der Waals surface area contributed by atoms with Gasteiger partial charge in [0.2, 0.25) is 11.8 Å². The van der Waals surface area contributed by atoms with E-state index in [4.69, 9.17) is 9.15 Å². The quantitative estimate of drug-likeness (QED) is 0.853. The van der Waals surface area contributed by atoms with Gasteiger partial charge in [-0.2, -0.15) is 0 Å². The Labute approximate surface area is 145 Å². The number of hydrogen-bond acceptors (Lipinski definition) is 5.